The zero-order valence-electron chi connectivity index (χ0n) is 13.9. The van der Waals surface area contributed by atoms with Crippen LogP contribution in [0.5, 0.6) is 0 Å². The molecule has 0 unspecified atom stereocenters. The maximum Gasteiger partial charge on any atom is 0.257 e. The minimum absolute atomic E-state index is 0.0290. The number of aromatic nitrogens is 2. The number of nitrogens with one attached hydrogen (secondary N) is 1. The monoisotopic (exact) mass is 342 g/mol. The number of amides is 2. The van der Waals surface area contributed by atoms with Gasteiger partial charge in [0.15, 0.2) is 0 Å². The molecule has 2 amide bonds. The van der Waals surface area contributed by atoms with Crippen LogP contribution in [0, 0.1) is 18.7 Å². The third-order valence-corrected chi connectivity index (χ3v) is 5.18. The quantitative estimate of drug-likeness (QED) is 0.903. The average Bonchev–Trinajstić information content (AvgIpc) is 3.18. The van der Waals surface area contributed by atoms with Crippen LogP contribution < -0.4 is 5.32 Å². The highest BCUT2D eigenvalue weighted by Gasteiger charge is 2.43. The summed E-state index contributed by atoms with van der Waals surface area (Å²) >= 11 is 0. The molecule has 2 aliphatic heterocycles. The predicted octanol–water partition coefficient (Wildman–Crippen LogP) is 1.67. The number of fused-ring (bicyclic) bond motifs is 1. The molecular weight excluding hydrogens is 323 g/mol. The summed E-state index contributed by atoms with van der Waals surface area (Å²) in [6.45, 7) is 2.88. The Morgan fingerprint density at radius 1 is 1.36 bits per heavy atom. The van der Waals surface area contributed by atoms with E-state index in [1.165, 1.54) is 16.9 Å². The van der Waals surface area contributed by atoms with E-state index in [4.69, 9.17) is 0 Å². The third-order valence-electron chi connectivity index (χ3n) is 5.18. The number of benzene rings is 1. The van der Waals surface area contributed by atoms with E-state index in [-0.39, 0.29) is 23.8 Å². The number of para-hydroxylation sites is 1. The summed E-state index contributed by atoms with van der Waals surface area (Å²) in [5.41, 5.74) is 1.35. The molecule has 0 aliphatic carbocycles. The summed E-state index contributed by atoms with van der Waals surface area (Å²) in [4.78, 5) is 26.7. The van der Waals surface area contributed by atoms with Crippen molar-refractivity contribution in [2.75, 3.05) is 13.1 Å². The second-order valence-corrected chi connectivity index (χ2v) is 6.57. The molecule has 25 heavy (non-hydrogen) atoms. The van der Waals surface area contributed by atoms with Crippen LogP contribution in [-0.4, -0.2) is 45.6 Å². The van der Waals surface area contributed by atoms with Gasteiger partial charge in [-0.1, -0.05) is 12.1 Å². The first-order valence-corrected chi connectivity index (χ1v) is 8.46. The molecule has 6 nitrogen and oxygen atoms in total. The summed E-state index contributed by atoms with van der Waals surface area (Å²) in [6, 6.07) is 6.22. The molecular formula is C18H19FN4O2. The van der Waals surface area contributed by atoms with Gasteiger partial charge in [0.25, 0.3) is 5.91 Å². The van der Waals surface area contributed by atoms with E-state index >= 15 is 0 Å². The fourth-order valence-electron chi connectivity index (χ4n) is 3.84. The molecule has 2 saturated heterocycles. The Balaban J connectivity index is 1.65. The summed E-state index contributed by atoms with van der Waals surface area (Å²) in [5, 5.41) is 7.06. The second kappa shape index (κ2) is 5.98. The molecule has 2 aliphatic rings. The second-order valence-electron chi connectivity index (χ2n) is 6.57. The molecule has 2 fully saturated rings. The smallest absolute Gasteiger partial charge is 0.257 e. The van der Waals surface area contributed by atoms with E-state index in [0.717, 1.165) is 12.8 Å². The number of rotatable bonds is 2. The number of halogens is 1. The number of hydrogen-bond donors (Lipinski definition) is 1. The Morgan fingerprint density at radius 2 is 2.16 bits per heavy atom. The molecule has 1 aromatic carbocycles. The number of piperidine rings is 1. The Morgan fingerprint density at radius 3 is 2.96 bits per heavy atom. The van der Waals surface area contributed by atoms with Gasteiger partial charge in [-0.05, 0) is 31.9 Å². The molecule has 7 heteroatoms. The SMILES string of the molecule is Cc1c(C(=O)N2CCC[C@H]3C(=O)NC[C@H]32)cnn1-c1ccccc1F. The number of hydrogen-bond acceptors (Lipinski definition) is 3. The van der Waals surface area contributed by atoms with Crippen LogP contribution in [0.15, 0.2) is 30.5 Å². The lowest BCUT2D eigenvalue weighted by Crippen LogP contribution is -2.48. The molecule has 0 radical (unpaired) electrons. The summed E-state index contributed by atoms with van der Waals surface area (Å²) in [6.07, 6.45) is 3.10. The molecule has 4 rings (SSSR count). The largest absolute Gasteiger partial charge is 0.354 e. The normalized spacial score (nSPS) is 22.6. The zero-order valence-corrected chi connectivity index (χ0v) is 13.9. The van der Waals surface area contributed by atoms with Crippen molar-refractivity contribution in [1.29, 1.82) is 0 Å². The van der Waals surface area contributed by atoms with Gasteiger partial charge >= 0.3 is 0 Å². The number of carbonyl (C=O) groups excluding carboxylic acids is 2. The van der Waals surface area contributed by atoms with Gasteiger partial charge in [-0.15, -0.1) is 0 Å². The molecule has 0 spiro atoms. The number of likely N-dealkylation sites (tertiary alicyclic amines) is 1. The maximum atomic E-state index is 14.0. The first-order chi connectivity index (χ1) is 12.1. The van der Waals surface area contributed by atoms with Crippen LogP contribution in [0.25, 0.3) is 5.69 Å². The first-order valence-electron chi connectivity index (χ1n) is 8.46. The third kappa shape index (κ3) is 2.50. The average molecular weight is 342 g/mol. The Hall–Kier alpha value is -2.70. The van der Waals surface area contributed by atoms with Crippen molar-refractivity contribution in [3.05, 3.63) is 47.5 Å². The van der Waals surface area contributed by atoms with Gasteiger partial charge in [-0.25, -0.2) is 9.07 Å². The number of nitrogens with zero attached hydrogens (tertiary/aromatic N) is 3. The maximum absolute atomic E-state index is 14.0. The zero-order chi connectivity index (χ0) is 17.6. The van der Waals surface area contributed by atoms with Crippen molar-refractivity contribution in [1.82, 2.24) is 20.0 Å². The van der Waals surface area contributed by atoms with Crippen molar-refractivity contribution in [3.8, 4) is 5.69 Å². The molecule has 130 valence electrons. The molecule has 0 saturated carbocycles. The highest BCUT2D eigenvalue weighted by molar-refractivity contribution is 5.96. The van der Waals surface area contributed by atoms with Gasteiger partial charge in [0.1, 0.15) is 11.5 Å². The minimum Gasteiger partial charge on any atom is -0.354 e. The molecule has 2 aromatic rings. The molecule has 0 bridgehead atoms. The van der Waals surface area contributed by atoms with Gasteiger partial charge in [0.2, 0.25) is 5.91 Å². The van der Waals surface area contributed by atoms with Crippen molar-refractivity contribution < 1.29 is 14.0 Å². The lowest BCUT2D eigenvalue weighted by molar-refractivity contribution is -0.123. The topological polar surface area (TPSA) is 67.2 Å². The van der Waals surface area contributed by atoms with Crippen LogP contribution in [-0.2, 0) is 4.79 Å². The van der Waals surface area contributed by atoms with E-state index in [0.29, 0.717) is 30.0 Å². The van der Waals surface area contributed by atoms with E-state index < -0.39 is 5.82 Å². The van der Waals surface area contributed by atoms with Crippen molar-refractivity contribution in [2.24, 2.45) is 5.92 Å². The summed E-state index contributed by atoms with van der Waals surface area (Å²) in [7, 11) is 0. The van der Waals surface area contributed by atoms with Crippen LogP contribution in [0.1, 0.15) is 28.9 Å². The Kier molecular flexibility index (Phi) is 3.78. The predicted molar refractivity (Wildman–Crippen MR) is 88.8 cm³/mol. The Bertz CT molecular complexity index is 847. The van der Waals surface area contributed by atoms with Crippen molar-refractivity contribution in [3.63, 3.8) is 0 Å². The van der Waals surface area contributed by atoms with Crippen LogP contribution in [0.2, 0.25) is 0 Å². The molecule has 3 heterocycles. The fraction of sp³-hybridized carbons (Fsp3) is 0.389. The standard InChI is InChI=1S/C18H19FN4O2/c1-11-13(9-21-23(11)15-7-3-2-6-14(15)19)18(25)22-8-4-5-12-16(22)10-20-17(12)24/h2-3,6-7,9,12,16H,4-5,8,10H2,1H3,(H,20,24)/t12-,16-/m1/s1. The van der Waals surface area contributed by atoms with E-state index in [2.05, 4.69) is 10.4 Å². The van der Waals surface area contributed by atoms with E-state index in [1.807, 2.05) is 0 Å². The fourth-order valence-corrected chi connectivity index (χ4v) is 3.84. The van der Waals surface area contributed by atoms with Gasteiger partial charge in [0.05, 0.1) is 29.4 Å². The molecule has 2 atom stereocenters. The van der Waals surface area contributed by atoms with E-state index in [1.54, 1.807) is 30.0 Å². The van der Waals surface area contributed by atoms with Gasteiger partial charge in [0, 0.05) is 13.1 Å². The van der Waals surface area contributed by atoms with Crippen molar-refractivity contribution >= 4 is 11.8 Å². The van der Waals surface area contributed by atoms with Gasteiger partial charge in [-0.2, -0.15) is 5.10 Å². The molecule has 1 N–H and O–H groups in total. The lowest BCUT2D eigenvalue weighted by atomic mass is 9.91. The van der Waals surface area contributed by atoms with Gasteiger partial charge in [-0.3, -0.25) is 9.59 Å². The summed E-state index contributed by atoms with van der Waals surface area (Å²) in [5.74, 6) is -0.636. The van der Waals surface area contributed by atoms with Crippen LogP contribution in [0.4, 0.5) is 4.39 Å². The van der Waals surface area contributed by atoms with Crippen LogP contribution in [0.3, 0.4) is 0 Å². The van der Waals surface area contributed by atoms with Gasteiger partial charge < -0.3 is 10.2 Å². The number of carbonyl (C=O) groups is 2. The highest BCUT2D eigenvalue weighted by Crippen LogP contribution is 2.29. The van der Waals surface area contributed by atoms with E-state index in [9.17, 15) is 14.0 Å². The first kappa shape index (κ1) is 15.8. The lowest BCUT2D eigenvalue weighted by Gasteiger charge is -2.35. The van der Waals surface area contributed by atoms with Crippen molar-refractivity contribution in [2.45, 2.75) is 25.8 Å². The Labute approximate surface area is 144 Å². The van der Waals surface area contributed by atoms with Crippen LogP contribution >= 0.6 is 0 Å². The minimum atomic E-state index is -0.392. The summed E-state index contributed by atoms with van der Waals surface area (Å²) < 4.78 is 15.5. The molecule has 1 aromatic heterocycles. The highest BCUT2D eigenvalue weighted by atomic mass is 19.1.